The Hall–Kier alpha value is -1.32. The minimum absolute atomic E-state index is 0.0452. The highest BCUT2D eigenvalue weighted by molar-refractivity contribution is 5.90. The average molecular weight is 266 g/mol. The van der Waals surface area contributed by atoms with Gasteiger partial charge in [-0.15, -0.1) is 0 Å². The van der Waals surface area contributed by atoms with Gasteiger partial charge < -0.3 is 9.80 Å². The highest BCUT2D eigenvalue weighted by Gasteiger charge is 2.34. The van der Waals surface area contributed by atoms with E-state index in [1.807, 2.05) is 11.8 Å². The van der Waals surface area contributed by atoms with Gasteiger partial charge in [-0.2, -0.15) is 0 Å². The fourth-order valence-electron chi connectivity index (χ4n) is 2.43. The van der Waals surface area contributed by atoms with Gasteiger partial charge in [0, 0.05) is 19.6 Å². The van der Waals surface area contributed by atoms with E-state index in [0.717, 1.165) is 19.5 Å². The van der Waals surface area contributed by atoms with Crippen molar-refractivity contribution in [3.05, 3.63) is 12.7 Å². The molecule has 0 aromatic carbocycles. The summed E-state index contributed by atoms with van der Waals surface area (Å²) >= 11 is 0. The van der Waals surface area contributed by atoms with Gasteiger partial charge in [-0.1, -0.05) is 27.4 Å². The minimum Gasteiger partial charge on any atom is -0.341 e. The molecule has 1 rings (SSSR count). The lowest BCUT2D eigenvalue weighted by molar-refractivity contribution is -0.137. The molecule has 4 nitrogen and oxygen atoms in total. The molecule has 0 spiro atoms. The molecule has 4 heteroatoms. The maximum atomic E-state index is 12.2. The van der Waals surface area contributed by atoms with Crippen LogP contribution in [0.5, 0.6) is 0 Å². The van der Waals surface area contributed by atoms with Gasteiger partial charge in [-0.3, -0.25) is 9.59 Å². The zero-order valence-electron chi connectivity index (χ0n) is 12.6. The summed E-state index contributed by atoms with van der Waals surface area (Å²) in [5, 5.41) is 0. The fourth-order valence-corrected chi connectivity index (χ4v) is 2.43. The molecule has 0 aromatic heterocycles. The Morgan fingerprint density at radius 3 is 2.47 bits per heavy atom. The third kappa shape index (κ3) is 4.08. The molecule has 0 aromatic rings. The van der Waals surface area contributed by atoms with Crippen molar-refractivity contribution in [2.24, 2.45) is 11.3 Å². The Kier molecular flexibility index (Phi) is 5.15. The van der Waals surface area contributed by atoms with E-state index < -0.39 is 0 Å². The third-order valence-electron chi connectivity index (χ3n) is 3.96. The molecule has 1 fully saturated rings. The third-order valence-corrected chi connectivity index (χ3v) is 3.96. The SMILES string of the molecule is C=CC(=O)N(CC)CC(=O)N1CCC(C(C)(C)C)C1. The molecule has 108 valence electrons. The number of hydrogen-bond acceptors (Lipinski definition) is 2. The van der Waals surface area contributed by atoms with E-state index in [1.165, 1.54) is 11.0 Å². The van der Waals surface area contributed by atoms with Crippen LogP contribution in [0.3, 0.4) is 0 Å². The molecule has 1 saturated heterocycles. The Labute approximate surface area is 116 Å². The number of carbonyl (C=O) groups excluding carboxylic acids is 2. The molecule has 1 heterocycles. The number of likely N-dealkylation sites (N-methyl/N-ethyl adjacent to an activating group) is 1. The van der Waals surface area contributed by atoms with Crippen LogP contribution in [0.15, 0.2) is 12.7 Å². The molecular formula is C15H26N2O2. The highest BCUT2D eigenvalue weighted by Crippen LogP contribution is 2.33. The summed E-state index contributed by atoms with van der Waals surface area (Å²) in [6.45, 7) is 14.3. The van der Waals surface area contributed by atoms with Gasteiger partial charge in [-0.25, -0.2) is 0 Å². The molecule has 0 bridgehead atoms. The van der Waals surface area contributed by atoms with Crippen molar-refractivity contribution in [3.63, 3.8) is 0 Å². The quantitative estimate of drug-likeness (QED) is 0.729. The molecule has 1 aliphatic heterocycles. The Balaban J connectivity index is 2.56. The second-order valence-electron chi connectivity index (χ2n) is 6.25. The molecule has 0 radical (unpaired) electrons. The summed E-state index contributed by atoms with van der Waals surface area (Å²) in [5.41, 5.74) is 0.233. The first-order chi connectivity index (χ1) is 8.79. The van der Waals surface area contributed by atoms with E-state index in [0.29, 0.717) is 12.5 Å². The molecular weight excluding hydrogens is 240 g/mol. The lowest BCUT2D eigenvalue weighted by atomic mass is 9.80. The molecule has 0 aliphatic carbocycles. The predicted octanol–water partition coefficient (Wildman–Crippen LogP) is 1.92. The molecule has 0 N–H and O–H groups in total. The van der Waals surface area contributed by atoms with Gasteiger partial charge >= 0.3 is 0 Å². The van der Waals surface area contributed by atoms with Gasteiger partial charge in [0.15, 0.2) is 0 Å². The van der Waals surface area contributed by atoms with Crippen LogP contribution in [0, 0.1) is 11.3 Å². The van der Waals surface area contributed by atoms with Crippen molar-refractivity contribution in [3.8, 4) is 0 Å². The molecule has 1 unspecified atom stereocenters. The van der Waals surface area contributed by atoms with Crippen LogP contribution in [-0.4, -0.2) is 47.8 Å². The van der Waals surface area contributed by atoms with Gasteiger partial charge in [0.25, 0.3) is 0 Å². The van der Waals surface area contributed by atoms with Crippen LogP contribution in [0.1, 0.15) is 34.1 Å². The summed E-state index contributed by atoms with van der Waals surface area (Å²) in [4.78, 5) is 27.2. The van der Waals surface area contributed by atoms with Crippen LogP contribution < -0.4 is 0 Å². The van der Waals surface area contributed by atoms with Crippen molar-refractivity contribution < 1.29 is 9.59 Å². The number of carbonyl (C=O) groups is 2. The molecule has 19 heavy (non-hydrogen) atoms. The van der Waals surface area contributed by atoms with Crippen LogP contribution in [0.4, 0.5) is 0 Å². The smallest absolute Gasteiger partial charge is 0.246 e. The van der Waals surface area contributed by atoms with Gasteiger partial charge in [0.2, 0.25) is 11.8 Å². The number of amides is 2. The predicted molar refractivity (Wildman–Crippen MR) is 76.6 cm³/mol. The van der Waals surface area contributed by atoms with Crippen LogP contribution >= 0.6 is 0 Å². The van der Waals surface area contributed by atoms with Crippen molar-refractivity contribution in [1.82, 2.24) is 9.80 Å². The van der Waals surface area contributed by atoms with Crippen molar-refractivity contribution >= 4 is 11.8 Å². The first-order valence-corrected chi connectivity index (χ1v) is 6.98. The first kappa shape index (κ1) is 15.7. The Bertz CT molecular complexity index is 358. The van der Waals surface area contributed by atoms with E-state index in [4.69, 9.17) is 0 Å². The maximum absolute atomic E-state index is 12.2. The average Bonchev–Trinajstić information content (AvgIpc) is 2.84. The minimum atomic E-state index is -0.178. The van der Waals surface area contributed by atoms with Gasteiger partial charge in [0.05, 0.1) is 6.54 Å². The number of nitrogens with zero attached hydrogens (tertiary/aromatic N) is 2. The Morgan fingerprint density at radius 2 is 2.05 bits per heavy atom. The van der Waals surface area contributed by atoms with Crippen molar-refractivity contribution in [2.45, 2.75) is 34.1 Å². The standard InChI is InChI=1S/C15H26N2O2/c1-6-13(18)16(7-2)11-14(19)17-9-8-12(10-17)15(3,4)5/h6,12H,1,7-11H2,2-5H3. The normalized spacial score (nSPS) is 19.4. The molecule has 1 aliphatic rings. The monoisotopic (exact) mass is 266 g/mol. The molecule has 2 amide bonds. The van der Waals surface area contributed by atoms with E-state index in [2.05, 4.69) is 27.4 Å². The van der Waals surface area contributed by atoms with E-state index in [-0.39, 0.29) is 23.8 Å². The summed E-state index contributed by atoms with van der Waals surface area (Å²) in [7, 11) is 0. The van der Waals surface area contributed by atoms with E-state index in [1.54, 1.807) is 0 Å². The zero-order valence-corrected chi connectivity index (χ0v) is 12.6. The molecule has 0 saturated carbocycles. The van der Waals surface area contributed by atoms with Crippen LogP contribution in [0.2, 0.25) is 0 Å². The first-order valence-electron chi connectivity index (χ1n) is 6.98. The van der Waals surface area contributed by atoms with Gasteiger partial charge in [-0.05, 0) is 30.8 Å². The van der Waals surface area contributed by atoms with Crippen molar-refractivity contribution in [2.75, 3.05) is 26.2 Å². The summed E-state index contributed by atoms with van der Waals surface area (Å²) in [6, 6.07) is 0. The largest absolute Gasteiger partial charge is 0.341 e. The zero-order chi connectivity index (χ0) is 14.6. The maximum Gasteiger partial charge on any atom is 0.246 e. The van der Waals surface area contributed by atoms with E-state index >= 15 is 0 Å². The second kappa shape index (κ2) is 6.22. The number of hydrogen-bond donors (Lipinski definition) is 0. The van der Waals surface area contributed by atoms with Crippen LogP contribution in [0.25, 0.3) is 0 Å². The molecule has 1 atom stereocenters. The lowest BCUT2D eigenvalue weighted by Crippen LogP contribution is -2.41. The summed E-state index contributed by atoms with van der Waals surface area (Å²) < 4.78 is 0. The number of likely N-dealkylation sites (tertiary alicyclic amines) is 1. The fraction of sp³-hybridized carbons (Fsp3) is 0.733. The van der Waals surface area contributed by atoms with E-state index in [9.17, 15) is 9.59 Å². The highest BCUT2D eigenvalue weighted by atomic mass is 16.2. The summed E-state index contributed by atoms with van der Waals surface area (Å²) in [5.74, 6) is 0.410. The Morgan fingerprint density at radius 1 is 1.42 bits per heavy atom. The van der Waals surface area contributed by atoms with Gasteiger partial charge in [0.1, 0.15) is 0 Å². The number of rotatable bonds is 4. The summed E-state index contributed by atoms with van der Waals surface area (Å²) in [6.07, 6.45) is 2.31. The topological polar surface area (TPSA) is 40.6 Å². The van der Waals surface area contributed by atoms with Crippen molar-refractivity contribution in [1.29, 1.82) is 0 Å². The van der Waals surface area contributed by atoms with Crippen LogP contribution in [-0.2, 0) is 9.59 Å². The second-order valence-corrected chi connectivity index (χ2v) is 6.25. The lowest BCUT2D eigenvalue weighted by Gasteiger charge is -2.27.